The maximum atomic E-state index is 12.1. The van der Waals surface area contributed by atoms with Crippen molar-refractivity contribution in [3.63, 3.8) is 0 Å². The van der Waals surface area contributed by atoms with Gasteiger partial charge in [-0.15, -0.1) is 0 Å². The smallest absolute Gasteiger partial charge is 0.323 e. The molecule has 0 fully saturated rings. The summed E-state index contributed by atoms with van der Waals surface area (Å²) in [7, 11) is 1.62. The molecule has 5 nitrogen and oxygen atoms in total. The lowest BCUT2D eigenvalue weighted by molar-refractivity contribution is 0.255. The molecule has 0 spiro atoms. The zero-order chi connectivity index (χ0) is 18.9. The second kappa shape index (κ2) is 9.51. The fourth-order valence-electron chi connectivity index (χ4n) is 2.74. The van der Waals surface area contributed by atoms with E-state index in [0.717, 1.165) is 41.3 Å². The number of ether oxygens (including phenoxy) is 1. The van der Waals surface area contributed by atoms with E-state index >= 15 is 0 Å². The van der Waals surface area contributed by atoms with Crippen molar-refractivity contribution < 1.29 is 9.53 Å². The van der Waals surface area contributed by atoms with Crippen LogP contribution in [-0.4, -0.2) is 26.2 Å². The van der Waals surface area contributed by atoms with Crippen LogP contribution in [0.25, 0.3) is 6.08 Å². The van der Waals surface area contributed by atoms with E-state index in [0.29, 0.717) is 0 Å². The highest BCUT2D eigenvalue weighted by Gasteiger charge is 2.07. The van der Waals surface area contributed by atoms with E-state index in [9.17, 15) is 4.79 Å². The number of hydrogen-bond donors (Lipinski definition) is 2. The molecule has 0 aliphatic heterocycles. The van der Waals surface area contributed by atoms with Gasteiger partial charge in [0.25, 0.3) is 0 Å². The van der Waals surface area contributed by atoms with Gasteiger partial charge < -0.3 is 20.3 Å². The number of methoxy groups -OCH3 is 1. The normalized spacial score (nSPS) is 10.6. The van der Waals surface area contributed by atoms with E-state index in [2.05, 4.69) is 35.4 Å². The third kappa shape index (κ3) is 5.02. The number of nitrogens with zero attached hydrogens (tertiary/aromatic N) is 1. The molecule has 2 aromatic rings. The Balaban J connectivity index is 1.98. The number of carbonyl (C=O) groups excluding carboxylic acids is 1. The first-order valence-corrected chi connectivity index (χ1v) is 8.81. The Labute approximate surface area is 155 Å². The number of benzene rings is 2. The topological polar surface area (TPSA) is 53.6 Å². The second-order valence-corrected chi connectivity index (χ2v) is 5.85. The van der Waals surface area contributed by atoms with Crippen LogP contribution in [0.15, 0.2) is 48.7 Å². The van der Waals surface area contributed by atoms with Crippen molar-refractivity contribution in [2.24, 2.45) is 0 Å². The first-order valence-electron chi connectivity index (χ1n) is 8.81. The zero-order valence-corrected chi connectivity index (χ0v) is 15.9. The number of anilines is 2. The molecule has 2 aromatic carbocycles. The van der Waals surface area contributed by atoms with Gasteiger partial charge in [0.1, 0.15) is 5.75 Å². The van der Waals surface area contributed by atoms with E-state index in [4.69, 9.17) is 4.74 Å². The molecule has 0 aromatic heterocycles. The van der Waals surface area contributed by atoms with Crippen molar-refractivity contribution in [2.75, 3.05) is 30.4 Å². The third-order valence-electron chi connectivity index (χ3n) is 4.20. The van der Waals surface area contributed by atoms with E-state index in [1.54, 1.807) is 19.4 Å². The molecule has 26 heavy (non-hydrogen) atoms. The fourth-order valence-corrected chi connectivity index (χ4v) is 2.74. The Morgan fingerprint density at radius 2 is 1.88 bits per heavy atom. The molecule has 0 radical (unpaired) electrons. The monoisotopic (exact) mass is 353 g/mol. The molecule has 0 unspecified atom stereocenters. The van der Waals surface area contributed by atoms with Crippen LogP contribution in [0.1, 0.15) is 25.0 Å². The van der Waals surface area contributed by atoms with Crippen LogP contribution in [0, 0.1) is 6.92 Å². The number of amides is 2. The number of rotatable bonds is 7. The summed E-state index contributed by atoms with van der Waals surface area (Å²) in [4.78, 5) is 14.4. The first kappa shape index (κ1) is 19.4. The van der Waals surface area contributed by atoms with Crippen LogP contribution < -0.4 is 20.3 Å². The summed E-state index contributed by atoms with van der Waals surface area (Å²) in [5, 5.41) is 5.60. The van der Waals surface area contributed by atoms with Gasteiger partial charge in [-0.3, -0.25) is 0 Å². The molecule has 2 amide bonds. The Kier molecular flexibility index (Phi) is 7.09. The number of urea groups is 1. The molecule has 5 heteroatoms. The largest absolute Gasteiger partial charge is 0.496 e. The minimum atomic E-state index is -0.283. The predicted molar refractivity (Wildman–Crippen MR) is 109 cm³/mol. The number of hydrogen-bond acceptors (Lipinski definition) is 3. The molecular weight excluding hydrogens is 326 g/mol. The van der Waals surface area contributed by atoms with Crippen LogP contribution in [0.3, 0.4) is 0 Å². The molecule has 0 bridgehead atoms. The van der Waals surface area contributed by atoms with Crippen molar-refractivity contribution in [1.82, 2.24) is 5.32 Å². The lowest BCUT2D eigenvalue weighted by Gasteiger charge is -2.22. The van der Waals surface area contributed by atoms with Gasteiger partial charge in [0.05, 0.1) is 7.11 Å². The SMILES string of the molecule is CCN(CC)c1ccc(NC(=O)N/C=C/c2ccccc2OC)c(C)c1. The van der Waals surface area contributed by atoms with Gasteiger partial charge in [0.2, 0.25) is 0 Å². The summed E-state index contributed by atoms with van der Waals surface area (Å²) in [5.41, 5.74) is 3.88. The van der Waals surface area contributed by atoms with Gasteiger partial charge in [0.15, 0.2) is 0 Å². The minimum absolute atomic E-state index is 0.283. The number of aryl methyl sites for hydroxylation is 1. The Bertz CT molecular complexity index is 768. The average molecular weight is 353 g/mol. The fraction of sp³-hybridized carbons (Fsp3) is 0.286. The molecule has 0 heterocycles. The maximum Gasteiger partial charge on any atom is 0.323 e. The quantitative estimate of drug-likeness (QED) is 0.762. The molecule has 2 rings (SSSR count). The molecule has 0 aliphatic carbocycles. The summed E-state index contributed by atoms with van der Waals surface area (Å²) < 4.78 is 5.28. The van der Waals surface area contributed by atoms with E-state index < -0.39 is 0 Å². The number of carbonyl (C=O) groups is 1. The first-order chi connectivity index (χ1) is 12.6. The van der Waals surface area contributed by atoms with Crippen molar-refractivity contribution in [2.45, 2.75) is 20.8 Å². The highest BCUT2D eigenvalue weighted by atomic mass is 16.5. The molecule has 0 saturated heterocycles. The second-order valence-electron chi connectivity index (χ2n) is 5.85. The molecule has 2 N–H and O–H groups in total. The summed E-state index contributed by atoms with van der Waals surface area (Å²) in [6, 6.07) is 13.4. The maximum absolute atomic E-state index is 12.1. The highest BCUT2D eigenvalue weighted by Crippen LogP contribution is 2.22. The molecule has 0 aliphatic rings. The molecule has 0 saturated carbocycles. The van der Waals surface area contributed by atoms with Crippen LogP contribution >= 0.6 is 0 Å². The molecule has 138 valence electrons. The van der Waals surface area contributed by atoms with E-state index in [-0.39, 0.29) is 6.03 Å². The lowest BCUT2D eigenvalue weighted by Crippen LogP contribution is -2.25. The summed E-state index contributed by atoms with van der Waals surface area (Å²) in [6.07, 6.45) is 3.40. The summed E-state index contributed by atoms with van der Waals surface area (Å²) in [5.74, 6) is 0.758. The van der Waals surface area contributed by atoms with Gasteiger partial charge in [0, 0.05) is 36.2 Å². The highest BCUT2D eigenvalue weighted by molar-refractivity contribution is 5.91. The van der Waals surface area contributed by atoms with E-state index in [1.807, 2.05) is 43.3 Å². The lowest BCUT2D eigenvalue weighted by atomic mass is 10.1. The van der Waals surface area contributed by atoms with Crippen molar-refractivity contribution in [3.8, 4) is 5.75 Å². The standard InChI is InChI=1S/C21H27N3O2/c1-5-24(6-2)18-11-12-19(16(3)15-18)23-21(25)22-14-13-17-9-7-8-10-20(17)26-4/h7-15H,5-6H2,1-4H3,(H2,22,23,25)/b14-13+. The molecular formula is C21H27N3O2. The third-order valence-corrected chi connectivity index (χ3v) is 4.20. The van der Waals surface area contributed by atoms with Crippen molar-refractivity contribution >= 4 is 23.5 Å². The van der Waals surface area contributed by atoms with Gasteiger partial charge >= 0.3 is 6.03 Å². The summed E-state index contributed by atoms with van der Waals surface area (Å²) >= 11 is 0. The van der Waals surface area contributed by atoms with Crippen LogP contribution in [0.4, 0.5) is 16.2 Å². The predicted octanol–water partition coefficient (Wildman–Crippen LogP) is 4.64. The Morgan fingerprint density at radius 1 is 1.15 bits per heavy atom. The van der Waals surface area contributed by atoms with Crippen molar-refractivity contribution in [3.05, 3.63) is 59.8 Å². The van der Waals surface area contributed by atoms with Crippen LogP contribution in [0.2, 0.25) is 0 Å². The minimum Gasteiger partial charge on any atom is -0.496 e. The van der Waals surface area contributed by atoms with Crippen LogP contribution in [0.5, 0.6) is 5.75 Å². The van der Waals surface area contributed by atoms with Crippen molar-refractivity contribution in [1.29, 1.82) is 0 Å². The Hall–Kier alpha value is -2.95. The van der Waals surface area contributed by atoms with Gasteiger partial charge in [-0.05, 0) is 56.7 Å². The molecule has 0 atom stereocenters. The average Bonchev–Trinajstić information content (AvgIpc) is 2.65. The summed E-state index contributed by atoms with van der Waals surface area (Å²) in [6.45, 7) is 8.17. The Morgan fingerprint density at radius 3 is 2.54 bits per heavy atom. The van der Waals surface area contributed by atoms with E-state index in [1.165, 1.54) is 0 Å². The van der Waals surface area contributed by atoms with Crippen LogP contribution in [-0.2, 0) is 0 Å². The van der Waals surface area contributed by atoms with Gasteiger partial charge in [-0.1, -0.05) is 18.2 Å². The number of para-hydroxylation sites is 1. The zero-order valence-electron chi connectivity index (χ0n) is 15.9. The van der Waals surface area contributed by atoms with Gasteiger partial charge in [-0.2, -0.15) is 0 Å². The number of nitrogens with one attached hydrogen (secondary N) is 2. The van der Waals surface area contributed by atoms with Gasteiger partial charge in [-0.25, -0.2) is 4.79 Å².